The summed E-state index contributed by atoms with van der Waals surface area (Å²) in [4.78, 5) is 10.3. The Hall–Kier alpha value is -2.92. The normalized spacial score (nSPS) is 10.4. The number of aryl methyl sites for hydroxylation is 1. The van der Waals surface area contributed by atoms with Crippen LogP contribution < -0.4 is 11.1 Å². The van der Waals surface area contributed by atoms with Gasteiger partial charge in [0.2, 0.25) is 0 Å². The van der Waals surface area contributed by atoms with Gasteiger partial charge in [-0.1, -0.05) is 49.6 Å². The lowest BCUT2D eigenvalue weighted by Crippen LogP contribution is -2.07. The van der Waals surface area contributed by atoms with Gasteiger partial charge in [0, 0.05) is 17.7 Å². The van der Waals surface area contributed by atoms with E-state index in [1.54, 1.807) is 6.08 Å². The van der Waals surface area contributed by atoms with E-state index in [-0.39, 0.29) is 0 Å². The largest absolute Gasteiger partial charge is 0.391 e. The number of nitrogens with zero attached hydrogens (tertiary/aromatic N) is 2. The maximum absolute atomic E-state index is 5.81. The van der Waals surface area contributed by atoms with E-state index in [0.717, 1.165) is 32.7 Å². The average Bonchev–Trinajstić information content (AvgIpc) is 3.02. The first-order valence-corrected chi connectivity index (χ1v) is 8.74. The first-order valence-electron chi connectivity index (χ1n) is 7.92. The Morgan fingerprint density at radius 1 is 1.20 bits per heavy atom. The second-order valence-electron chi connectivity index (χ2n) is 5.66. The summed E-state index contributed by atoms with van der Waals surface area (Å²) < 4.78 is 0. The Morgan fingerprint density at radius 2 is 1.96 bits per heavy atom. The van der Waals surface area contributed by atoms with Crippen LogP contribution in [0.3, 0.4) is 0 Å². The van der Waals surface area contributed by atoms with Crippen LogP contribution in [-0.2, 0) is 6.42 Å². The summed E-state index contributed by atoms with van der Waals surface area (Å²) in [6.07, 6.45) is 2.44. The molecule has 0 radical (unpaired) electrons. The third kappa shape index (κ3) is 3.95. The molecule has 3 aromatic rings. The summed E-state index contributed by atoms with van der Waals surface area (Å²) in [7, 11) is 0. The van der Waals surface area contributed by atoms with E-state index in [1.165, 1.54) is 16.9 Å². The number of rotatable bonds is 6. The van der Waals surface area contributed by atoms with E-state index >= 15 is 0 Å². The predicted octanol–water partition coefficient (Wildman–Crippen LogP) is 4.75. The van der Waals surface area contributed by atoms with Gasteiger partial charge < -0.3 is 11.1 Å². The Bertz CT molecular complexity index is 913. The van der Waals surface area contributed by atoms with Crippen LogP contribution in [0.5, 0.6) is 0 Å². The molecule has 5 heteroatoms. The molecule has 0 atom stereocenters. The van der Waals surface area contributed by atoms with Gasteiger partial charge in [-0.05, 0) is 24.6 Å². The lowest BCUT2D eigenvalue weighted by Gasteiger charge is -2.13. The van der Waals surface area contributed by atoms with Crippen molar-refractivity contribution < 1.29 is 0 Å². The Morgan fingerprint density at radius 3 is 2.60 bits per heavy atom. The molecular weight excluding hydrogens is 328 g/mol. The first-order chi connectivity index (χ1) is 12.1. The third-order valence-electron chi connectivity index (χ3n) is 3.79. The van der Waals surface area contributed by atoms with Gasteiger partial charge in [-0.15, -0.1) is 11.3 Å². The van der Waals surface area contributed by atoms with E-state index in [0.29, 0.717) is 12.2 Å². The van der Waals surface area contributed by atoms with Crippen LogP contribution in [0.4, 0.5) is 10.8 Å². The number of aromatic nitrogens is 2. The van der Waals surface area contributed by atoms with Crippen molar-refractivity contribution in [1.82, 2.24) is 9.97 Å². The maximum Gasteiger partial charge on any atom is 0.141 e. The molecule has 0 aliphatic carbocycles. The SMILES string of the molecule is C=Cc1c(C)nc(Cc2ccccc2)nc1NC(=C)c1ccc(N)s1. The minimum Gasteiger partial charge on any atom is -0.391 e. The highest BCUT2D eigenvalue weighted by atomic mass is 32.1. The van der Waals surface area contributed by atoms with E-state index < -0.39 is 0 Å². The smallest absolute Gasteiger partial charge is 0.141 e. The second-order valence-corrected chi connectivity index (χ2v) is 6.77. The number of thiophene rings is 1. The fourth-order valence-corrected chi connectivity index (χ4v) is 3.26. The third-order valence-corrected chi connectivity index (χ3v) is 4.76. The predicted molar refractivity (Wildman–Crippen MR) is 107 cm³/mol. The molecule has 0 bridgehead atoms. The molecule has 126 valence electrons. The summed E-state index contributed by atoms with van der Waals surface area (Å²) in [5.74, 6) is 1.47. The van der Waals surface area contributed by atoms with Crippen molar-refractivity contribution in [2.75, 3.05) is 11.1 Å². The molecule has 0 aliphatic rings. The van der Waals surface area contributed by atoms with Crippen LogP contribution in [0.25, 0.3) is 11.8 Å². The summed E-state index contributed by atoms with van der Waals surface area (Å²) in [5, 5.41) is 4.05. The zero-order chi connectivity index (χ0) is 17.8. The van der Waals surface area contributed by atoms with Crippen molar-refractivity contribution >= 4 is 33.9 Å². The minimum atomic E-state index is 0.673. The van der Waals surface area contributed by atoms with Crippen LogP contribution in [0, 0.1) is 6.92 Å². The highest BCUT2D eigenvalue weighted by Gasteiger charge is 2.12. The van der Waals surface area contributed by atoms with Crippen molar-refractivity contribution in [2.24, 2.45) is 0 Å². The number of anilines is 2. The van der Waals surface area contributed by atoms with Crippen molar-refractivity contribution in [1.29, 1.82) is 0 Å². The van der Waals surface area contributed by atoms with Gasteiger partial charge in [0.05, 0.1) is 15.6 Å². The molecule has 0 spiro atoms. The molecule has 0 saturated carbocycles. The summed E-state index contributed by atoms with van der Waals surface area (Å²) in [6.45, 7) is 9.95. The fourth-order valence-electron chi connectivity index (χ4n) is 2.56. The van der Waals surface area contributed by atoms with Gasteiger partial charge in [-0.2, -0.15) is 0 Å². The van der Waals surface area contributed by atoms with Gasteiger partial charge in [-0.3, -0.25) is 0 Å². The number of nitrogens with one attached hydrogen (secondary N) is 1. The number of nitrogen functional groups attached to an aromatic ring is 1. The van der Waals surface area contributed by atoms with E-state index in [4.69, 9.17) is 10.7 Å². The Balaban J connectivity index is 1.91. The number of hydrogen-bond acceptors (Lipinski definition) is 5. The van der Waals surface area contributed by atoms with Crippen LogP contribution in [-0.4, -0.2) is 9.97 Å². The first kappa shape index (κ1) is 16.9. The van der Waals surface area contributed by atoms with Crippen LogP contribution in [0.1, 0.15) is 27.5 Å². The van der Waals surface area contributed by atoms with Crippen LogP contribution >= 0.6 is 11.3 Å². The van der Waals surface area contributed by atoms with E-state index in [1.807, 2.05) is 37.3 Å². The number of nitrogens with two attached hydrogens (primary N) is 1. The van der Waals surface area contributed by atoms with Gasteiger partial charge in [0.15, 0.2) is 0 Å². The van der Waals surface area contributed by atoms with Crippen molar-refractivity contribution in [3.05, 3.63) is 83.1 Å². The molecule has 0 amide bonds. The van der Waals surface area contributed by atoms with Crippen LogP contribution in [0.2, 0.25) is 0 Å². The lowest BCUT2D eigenvalue weighted by atomic mass is 10.1. The highest BCUT2D eigenvalue weighted by molar-refractivity contribution is 7.16. The van der Waals surface area contributed by atoms with E-state index in [9.17, 15) is 0 Å². The standard InChI is InChI=1S/C20H20N4S/c1-4-16-13(2)22-19(12-15-8-6-5-7-9-15)24-20(16)23-14(3)17-10-11-18(21)25-17/h4-11H,1,3,12,21H2,2H3,(H,22,23,24). The summed E-state index contributed by atoms with van der Waals surface area (Å²) in [5.41, 5.74) is 9.50. The zero-order valence-corrected chi connectivity index (χ0v) is 14.9. The van der Waals surface area contributed by atoms with E-state index in [2.05, 4.69) is 35.6 Å². The number of hydrogen-bond donors (Lipinski definition) is 2. The highest BCUT2D eigenvalue weighted by Crippen LogP contribution is 2.27. The van der Waals surface area contributed by atoms with Gasteiger partial charge >= 0.3 is 0 Å². The minimum absolute atomic E-state index is 0.673. The summed E-state index contributed by atoms with van der Waals surface area (Å²) in [6, 6.07) is 14.0. The molecule has 2 heterocycles. The zero-order valence-electron chi connectivity index (χ0n) is 14.1. The van der Waals surface area contributed by atoms with Crippen molar-refractivity contribution in [3.63, 3.8) is 0 Å². The molecule has 0 saturated heterocycles. The molecule has 1 aromatic carbocycles. The molecule has 0 unspecified atom stereocenters. The lowest BCUT2D eigenvalue weighted by molar-refractivity contribution is 0.943. The Kier molecular flexibility index (Phi) is 4.95. The average molecular weight is 348 g/mol. The molecule has 0 fully saturated rings. The van der Waals surface area contributed by atoms with Crippen molar-refractivity contribution in [2.45, 2.75) is 13.3 Å². The van der Waals surface area contributed by atoms with Crippen LogP contribution in [0.15, 0.2) is 55.6 Å². The number of benzene rings is 1. The monoisotopic (exact) mass is 348 g/mol. The molecule has 3 rings (SSSR count). The molecule has 4 nitrogen and oxygen atoms in total. The summed E-state index contributed by atoms with van der Waals surface area (Å²) >= 11 is 1.49. The van der Waals surface area contributed by atoms with Gasteiger partial charge in [0.1, 0.15) is 11.6 Å². The molecule has 2 aromatic heterocycles. The second kappa shape index (κ2) is 7.32. The molecular formula is C20H20N4S. The maximum atomic E-state index is 5.81. The molecule has 0 aliphatic heterocycles. The van der Waals surface area contributed by atoms with Gasteiger partial charge in [0.25, 0.3) is 0 Å². The van der Waals surface area contributed by atoms with Gasteiger partial charge in [-0.25, -0.2) is 9.97 Å². The Labute approximate surface area is 151 Å². The van der Waals surface area contributed by atoms with Crippen molar-refractivity contribution in [3.8, 4) is 0 Å². The fraction of sp³-hybridized carbons (Fsp3) is 0.100. The quantitative estimate of drug-likeness (QED) is 0.675. The molecule has 3 N–H and O–H groups in total. The topological polar surface area (TPSA) is 63.8 Å². The molecule has 25 heavy (non-hydrogen) atoms.